The van der Waals surface area contributed by atoms with Gasteiger partial charge in [-0.15, -0.1) is 0 Å². The Labute approximate surface area is 169 Å². The Kier molecular flexibility index (Phi) is 8.51. The molecule has 0 bridgehead atoms. The Morgan fingerprint density at radius 1 is 1.18 bits per heavy atom. The maximum atomic E-state index is 5.81. The Morgan fingerprint density at radius 2 is 1.93 bits per heavy atom. The van der Waals surface area contributed by atoms with Crippen molar-refractivity contribution in [2.45, 2.75) is 52.6 Å². The largest absolute Gasteiger partial charge is 0.443 e. The van der Waals surface area contributed by atoms with E-state index < -0.39 is 0 Å². The van der Waals surface area contributed by atoms with Gasteiger partial charge in [0.2, 0.25) is 5.89 Å². The van der Waals surface area contributed by atoms with Crippen molar-refractivity contribution in [3.05, 3.63) is 53.7 Å². The number of hydrogen-bond acceptors (Lipinski definition) is 4. The Morgan fingerprint density at radius 3 is 2.57 bits per heavy atom. The Balaban J connectivity index is 1.75. The maximum Gasteiger partial charge on any atom is 0.216 e. The fraction of sp³-hybridized carbons (Fsp3) is 0.545. The molecule has 0 atom stereocenters. The van der Waals surface area contributed by atoms with Crippen molar-refractivity contribution in [1.82, 2.24) is 20.5 Å². The first-order chi connectivity index (χ1) is 13.4. The average Bonchev–Trinajstić information content (AvgIpc) is 3.13. The van der Waals surface area contributed by atoms with E-state index in [1.54, 1.807) is 6.20 Å². The van der Waals surface area contributed by atoms with Gasteiger partial charge in [0.15, 0.2) is 5.96 Å². The van der Waals surface area contributed by atoms with Crippen LogP contribution in [0.1, 0.15) is 51.3 Å². The minimum Gasteiger partial charge on any atom is -0.443 e. The van der Waals surface area contributed by atoms with Gasteiger partial charge in [-0.05, 0) is 32.5 Å². The zero-order valence-corrected chi connectivity index (χ0v) is 18.0. The molecule has 28 heavy (non-hydrogen) atoms. The van der Waals surface area contributed by atoms with E-state index >= 15 is 0 Å². The average molecular weight is 386 g/mol. The molecule has 0 saturated heterocycles. The number of benzene rings is 1. The highest BCUT2D eigenvalue weighted by Crippen LogP contribution is 2.22. The van der Waals surface area contributed by atoms with Gasteiger partial charge in [-0.1, -0.05) is 51.1 Å². The summed E-state index contributed by atoms with van der Waals surface area (Å²) in [4.78, 5) is 11.3. The summed E-state index contributed by atoms with van der Waals surface area (Å²) >= 11 is 0. The molecule has 0 radical (unpaired) electrons. The summed E-state index contributed by atoms with van der Waals surface area (Å²) in [5.74, 6) is 2.32. The van der Waals surface area contributed by atoms with E-state index in [0.717, 1.165) is 44.3 Å². The third kappa shape index (κ3) is 7.72. The van der Waals surface area contributed by atoms with E-state index in [-0.39, 0.29) is 5.41 Å². The minimum atomic E-state index is -0.0382. The van der Waals surface area contributed by atoms with Crippen LogP contribution in [0.15, 0.2) is 45.9 Å². The van der Waals surface area contributed by atoms with E-state index in [9.17, 15) is 0 Å². The van der Waals surface area contributed by atoms with Crippen molar-refractivity contribution in [1.29, 1.82) is 0 Å². The van der Waals surface area contributed by atoms with Gasteiger partial charge in [-0.25, -0.2) is 9.98 Å². The molecule has 0 saturated carbocycles. The van der Waals surface area contributed by atoms with Gasteiger partial charge in [-0.3, -0.25) is 0 Å². The van der Waals surface area contributed by atoms with Gasteiger partial charge in [0.05, 0.1) is 6.20 Å². The molecule has 0 fully saturated rings. The summed E-state index contributed by atoms with van der Waals surface area (Å²) in [6, 6.07) is 10.6. The number of guanidine groups is 1. The number of oxazole rings is 1. The van der Waals surface area contributed by atoms with Crippen LogP contribution in [0.4, 0.5) is 0 Å². The molecule has 0 amide bonds. The lowest BCUT2D eigenvalue weighted by Crippen LogP contribution is -2.38. The molecule has 0 unspecified atom stereocenters. The molecular weight excluding hydrogens is 350 g/mol. The first-order valence-electron chi connectivity index (χ1n) is 10.1. The molecule has 6 heteroatoms. The molecule has 1 heterocycles. The number of rotatable bonds is 9. The summed E-state index contributed by atoms with van der Waals surface area (Å²) in [5, 5.41) is 6.66. The first-order valence-corrected chi connectivity index (χ1v) is 10.1. The molecule has 2 N–H and O–H groups in total. The molecule has 6 nitrogen and oxygen atoms in total. The van der Waals surface area contributed by atoms with Crippen molar-refractivity contribution in [2.24, 2.45) is 4.99 Å². The number of nitrogens with one attached hydrogen (secondary N) is 2. The SMILES string of the molecule is CCNC(=NCc1ncc(C(C)(C)C)o1)NCCCN(C)Cc1ccccc1. The number of hydrogen-bond donors (Lipinski definition) is 2. The minimum absolute atomic E-state index is 0.0382. The highest BCUT2D eigenvalue weighted by molar-refractivity contribution is 5.79. The Bertz CT molecular complexity index is 718. The van der Waals surface area contributed by atoms with Crippen LogP contribution in [0.3, 0.4) is 0 Å². The zero-order valence-electron chi connectivity index (χ0n) is 18.0. The number of aliphatic imine (C=N–C) groups is 1. The fourth-order valence-electron chi connectivity index (χ4n) is 2.75. The van der Waals surface area contributed by atoms with Crippen molar-refractivity contribution < 1.29 is 4.42 Å². The van der Waals surface area contributed by atoms with Gasteiger partial charge < -0.3 is 20.0 Å². The lowest BCUT2D eigenvalue weighted by atomic mass is 9.94. The van der Waals surface area contributed by atoms with E-state index in [1.807, 2.05) is 0 Å². The third-order valence-electron chi connectivity index (χ3n) is 4.31. The number of aromatic nitrogens is 1. The standard InChI is InChI=1S/C22H35N5O/c1-6-23-21(26-16-20-25-15-19(28-20)22(2,3)4)24-13-10-14-27(5)17-18-11-8-7-9-12-18/h7-9,11-12,15H,6,10,13-14,16-17H2,1-5H3,(H2,23,24,26). The second-order valence-electron chi connectivity index (χ2n) is 8.07. The van der Waals surface area contributed by atoms with Gasteiger partial charge in [0, 0.05) is 25.0 Å². The van der Waals surface area contributed by atoms with Crippen LogP contribution in [0.25, 0.3) is 0 Å². The second-order valence-corrected chi connectivity index (χ2v) is 8.07. The highest BCUT2D eigenvalue weighted by Gasteiger charge is 2.19. The summed E-state index contributed by atoms with van der Waals surface area (Å²) in [6.45, 7) is 12.5. The van der Waals surface area contributed by atoms with E-state index in [4.69, 9.17) is 4.42 Å². The molecule has 0 spiro atoms. The molecule has 0 aliphatic carbocycles. The van der Waals surface area contributed by atoms with Gasteiger partial charge in [0.25, 0.3) is 0 Å². The van der Waals surface area contributed by atoms with Crippen molar-refractivity contribution in [3.8, 4) is 0 Å². The summed E-state index contributed by atoms with van der Waals surface area (Å²) in [5.41, 5.74) is 1.30. The predicted octanol–water partition coefficient (Wildman–Crippen LogP) is 3.55. The van der Waals surface area contributed by atoms with Crippen LogP contribution in [0.2, 0.25) is 0 Å². The zero-order chi connectivity index (χ0) is 20.4. The molecule has 0 aliphatic heterocycles. The lowest BCUT2D eigenvalue weighted by Gasteiger charge is -2.17. The van der Waals surface area contributed by atoms with Crippen LogP contribution < -0.4 is 10.6 Å². The summed E-state index contributed by atoms with van der Waals surface area (Å²) < 4.78 is 5.81. The lowest BCUT2D eigenvalue weighted by molar-refractivity contribution is 0.322. The van der Waals surface area contributed by atoms with Crippen LogP contribution in [0.5, 0.6) is 0 Å². The molecule has 1 aromatic carbocycles. The molecular formula is C22H35N5O. The normalized spacial score (nSPS) is 12.4. The quantitative estimate of drug-likeness (QED) is 0.393. The van der Waals surface area contributed by atoms with Gasteiger partial charge in [-0.2, -0.15) is 0 Å². The topological polar surface area (TPSA) is 65.7 Å². The van der Waals surface area contributed by atoms with Gasteiger partial charge >= 0.3 is 0 Å². The van der Waals surface area contributed by atoms with Crippen LogP contribution in [-0.4, -0.2) is 42.5 Å². The van der Waals surface area contributed by atoms with Crippen molar-refractivity contribution in [2.75, 3.05) is 26.7 Å². The van der Waals surface area contributed by atoms with E-state index in [0.29, 0.717) is 12.4 Å². The smallest absolute Gasteiger partial charge is 0.216 e. The van der Waals surface area contributed by atoms with E-state index in [1.165, 1.54) is 5.56 Å². The molecule has 2 aromatic rings. The maximum absolute atomic E-state index is 5.81. The van der Waals surface area contributed by atoms with Gasteiger partial charge in [0.1, 0.15) is 12.3 Å². The third-order valence-corrected chi connectivity index (χ3v) is 4.31. The number of nitrogens with zero attached hydrogens (tertiary/aromatic N) is 3. The molecule has 1 aromatic heterocycles. The Hall–Kier alpha value is -2.34. The van der Waals surface area contributed by atoms with E-state index in [2.05, 4.69) is 90.6 Å². The van der Waals surface area contributed by atoms with Crippen LogP contribution in [0, 0.1) is 0 Å². The highest BCUT2D eigenvalue weighted by atomic mass is 16.4. The molecule has 154 valence electrons. The second kappa shape index (κ2) is 10.9. The first kappa shape index (κ1) is 22.0. The fourth-order valence-corrected chi connectivity index (χ4v) is 2.75. The van der Waals surface area contributed by atoms with Crippen molar-refractivity contribution in [3.63, 3.8) is 0 Å². The van der Waals surface area contributed by atoms with Crippen LogP contribution in [-0.2, 0) is 18.5 Å². The monoisotopic (exact) mass is 385 g/mol. The summed E-state index contributed by atoms with van der Waals surface area (Å²) in [7, 11) is 2.15. The van der Waals surface area contributed by atoms with Crippen molar-refractivity contribution >= 4 is 5.96 Å². The van der Waals surface area contributed by atoms with Crippen LogP contribution >= 0.6 is 0 Å². The predicted molar refractivity (Wildman–Crippen MR) is 115 cm³/mol. The summed E-state index contributed by atoms with van der Waals surface area (Å²) in [6.07, 6.45) is 2.84. The molecule has 0 aliphatic rings. The molecule has 2 rings (SSSR count).